The van der Waals surface area contributed by atoms with Crippen LogP contribution in [0.25, 0.3) is 111 Å². The van der Waals surface area contributed by atoms with Crippen molar-refractivity contribution in [3.05, 3.63) is 200 Å². The molecule has 266 valence electrons. The maximum absolute atomic E-state index is 6.53. The van der Waals surface area contributed by atoms with E-state index < -0.39 is 0 Å². The SMILES string of the molecule is c1ccc(-c2nc(-c3ccc(-c4ccc5ccccc5c4)cc3)nc(-c3cccc(-c4ccc5c(c4)oc4cccc(-c6ccc7ccccc7c6)c45)c3)n2)cc1. The fourth-order valence-corrected chi connectivity index (χ4v) is 7.97. The van der Waals surface area contributed by atoms with Crippen molar-refractivity contribution in [1.82, 2.24) is 15.0 Å². The molecule has 0 fully saturated rings. The minimum atomic E-state index is 0.615. The van der Waals surface area contributed by atoms with E-state index in [4.69, 9.17) is 19.4 Å². The van der Waals surface area contributed by atoms with Crippen LogP contribution in [0.5, 0.6) is 0 Å². The Labute approximate surface area is 329 Å². The van der Waals surface area contributed by atoms with Crippen molar-refractivity contribution < 1.29 is 4.42 Å². The van der Waals surface area contributed by atoms with E-state index in [-0.39, 0.29) is 0 Å². The molecule has 0 radical (unpaired) electrons. The van der Waals surface area contributed by atoms with Crippen LogP contribution in [0.1, 0.15) is 0 Å². The van der Waals surface area contributed by atoms with E-state index in [9.17, 15) is 0 Å². The van der Waals surface area contributed by atoms with E-state index in [1.54, 1.807) is 0 Å². The Morgan fingerprint density at radius 2 is 0.772 bits per heavy atom. The molecule has 0 spiro atoms. The monoisotopic (exact) mass is 727 g/mol. The summed E-state index contributed by atoms with van der Waals surface area (Å²) >= 11 is 0. The summed E-state index contributed by atoms with van der Waals surface area (Å²) in [6, 6.07) is 70.0. The molecule has 0 aliphatic carbocycles. The summed E-state index contributed by atoms with van der Waals surface area (Å²) in [6.07, 6.45) is 0. The zero-order valence-corrected chi connectivity index (χ0v) is 30.8. The lowest BCUT2D eigenvalue weighted by Crippen LogP contribution is -2.00. The normalized spacial score (nSPS) is 11.5. The first-order valence-electron chi connectivity index (χ1n) is 19.2. The molecule has 0 amide bonds. The number of aromatic nitrogens is 3. The summed E-state index contributed by atoms with van der Waals surface area (Å²) in [6.45, 7) is 0. The summed E-state index contributed by atoms with van der Waals surface area (Å²) in [4.78, 5) is 15.1. The highest BCUT2D eigenvalue weighted by molar-refractivity contribution is 6.13. The van der Waals surface area contributed by atoms with Crippen molar-refractivity contribution in [3.8, 4) is 67.5 Å². The van der Waals surface area contributed by atoms with Gasteiger partial charge in [0.2, 0.25) is 0 Å². The Balaban J connectivity index is 0.966. The zero-order chi connectivity index (χ0) is 37.7. The van der Waals surface area contributed by atoms with E-state index in [1.165, 1.54) is 32.7 Å². The summed E-state index contributed by atoms with van der Waals surface area (Å²) in [5.74, 6) is 1.87. The molecule has 9 aromatic carbocycles. The second-order valence-corrected chi connectivity index (χ2v) is 14.4. The van der Waals surface area contributed by atoms with E-state index in [0.717, 1.165) is 60.9 Å². The van der Waals surface area contributed by atoms with Crippen LogP contribution in [0.15, 0.2) is 205 Å². The molecule has 0 saturated heterocycles. The van der Waals surface area contributed by atoms with Gasteiger partial charge in [0.05, 0.1) is 0 Å². The molecule has 4 heteroatoms. The van der Waals surface area contributed by atoms with Crippen molar-refractivity contribution in [3.63, 3.8) is 0 Å². The first-order chi connectivity index (χ1) is 28.2. The van der Waals surface area contributed by atoms with Gasteiger partial charge in [-0.15, -0.1) is 0 Å². The maximum atomic E-state index is 6.53. The predicted molar refractivity (Wildman–Crippen MR) is 235 cm³/mol. The lowest BCUT2D eigenvalue weighted by atomic mass is 9.96. The van der Waals surface area contributed by atoms with E-state index in [1.807, 2.05) is 30.3 Å². The Kier molecular flexibility index (Phi) is 7.78. The average Bonchev–Trinajstić information content (AvgIpc) is 3.67. The van der Waals surface area contributed by atoms with Gasteiger partial charge in [-0.1, -0.05) is 164 Å². The third-order valence-electron chi connectivity index (χ3n) is 10.9. The van der Waals surface area contributed by atoms with Crippen LogP contribution < -0.4 is 0 Å². The van der Waals surface area contributed by atoms with Crippen LogP contribution in [0.3, 0.4) is 0 Å². The number of fused-ring (bicyclic) bond motifs is 5. The Hall–Kier alpha value is -7.69. The van der Waals surface area contributed by atoms with Crippen molar-refractivity contribution >= 4 is 43.5 Å². The third-order valence-corrected chi connectivity index (χ3v) is 10.9. The van der Waals surface area contributed by atoms with Gasteiger partial charge < -0.3 is 4.42 Å². The van der Waals surface area contributed by atoms with Crippen LogP contribution in [-0.4, -0.2) is 15.0 Å². The van der Waals surface area contributed by atoms with Gasteiger partial charge in [0.15, 0.2) is 17.5 Å². The van der Waals surface area contributed by atoms with Gasteiger partial charge in [-0.3, -0.25) is 0 Å². The molecule has 4 nitrogen and oxygen atoms in total. The van der Waals surface area contributed by atoms with Gasteiger partial charge in [0, 0.05) is 27.5 Å². The molecular formula is C53H33N3O. The van der Waals surface area contributed by atoms with Gasteiger partial charge in [-0.2, -0.15) is 0 Å². The van der Waals surface area contributed by atoms with Crippen LogP contribution in [-0.2, 0) is 0 Å². The smallest absolute Gasteiger partial charge is 0.164 e. The number of nitrogens with zero attached hydrogens (tertiary/aromatic N) is 3. The second-order valence-electron chi connectivity index (χ2n) is 14.4. The fourth-order valence-electron chi connectivity index (χ4n) is 7.97. The number of rotatable bonds is 6. The third kappa shape index (κ3) is 6.01. The summed E-state index contributed by atoms with van der Waals surface area (Å²) in [5.41, 5.74) is 11.2. The summed E-state index contributed by atoms with van der Waals surface area (Å²) < 4.78 is 6.53. The molecule has 2 aromatic heterocycles. The van der Waals surface area contributed by atoms with Crippen LogP contribution in [0.2, 0.25) is 0 Å². The molecule has 11 aromatic rings. The average molecular weight is 728 g/mol. The van der Waals surface area contributed by atoms with E-state index in [2.05, 4.69) is 170 Å². The van der Waals surface area contributed by atoms with Crippen LogP contribution in [0.4, 0.5) is 0 Å². The van der Waals surface area contributed by atoms with Crippen LogP contribution in [0, 0.1) is 0 Å². The van der Waals surface area contributed by atoms with E-state index in [0.29, 0.717) is 17.5 Å². The van der Waals surface area contributed by atoms with Crippen LogP contribution >= 0.6 is 0 Å². The number of hydrogen-bond donors (Lipinski definition) is 0. The van der Waals surface area contributed by atoms with Gasteiger partial charge in [0.1, 0.15) is 11.2 Å². The largest absolute Gasteiger partial charge is 0.456 e. The molecule has 57 heavy (non-hydrogen) atoms. The van der Waals surface area contributed by atoms with Gasteiger partial charge in [-0.05, 0) is 91.3 Å². The minimum absolute atomic E-state index is 0.615. The molecule has 0 N–H and O–H groups in total. The fraction of sp³-hybridized carbons (Fsp3) is 0. The van der Waals surface area contributed by atoms with Crippen molar-refractivity contribution in [2.75, 3.05) is 0 Å². The molecule has 0 bridgehead atoms. The number of hydrogen-bond acceptors (Lipinski definition) is 4. The lowest BCUT2D eigenvalue weighted by molar-refractivity contribution is 0.669. The topological polar surface area (TPSA) is 51.8 Å². The van der Waals surface area contributed by atoms with Crippen molar-refractivity contribution in [2.45, 2.75) is 0 Å². The molecule has 0 aliphatic heterocycles. The minimum Gasteiger partial charge on any atom is -0.456 e. The van der Waals surface area contributed by atoms with Crippen molar-refractivity contribution in [2.24, 2.45) is 0 Å². The molecule has 0 unspecified atom stereocenters. The van der Waals surface area contributed by atoms with Gasteiger partial charge in [-0.25, -0.2) is 15.0 Å². The maximum Gasteiger partial charge on any atom is 0.164 e. The van der Waals surface area contributed by atoms with Gasteiger partial charge >= 0.3 is 0 Å². The highest BCUT2D eigenvalue weighted by atomic mass is 16.3. The molecular weight excluding hydrogens is 695 g/mol. The quantitative estimate of drug-likeness (QED) is 0.171. The predicted octanol–water partition coefficient (Wildman–Crippen LogP) is 14.1. The molecule has 0 atom stereocenters. The lowest BCUT2D eigenvalue weighted by Gasteiger charge is -2.10. The number of furan rings is 1. The standard InChI is InChI=1S/C53H33N3O/c1-2-12-37(13-3-1)51-54-52(38-24-20-36(21-25-38)42-26-22-34-10-4-6-14-39(34)30-42)56-53(55-51)45-17-8-16-41(32-45)43-28-29-47-49(33-43)57-48-19-9-18-46(50(47)48)44-27-23-35-11-5-7-15-40(35)31-44/h1-33H. The Morgan fingerprint density at radius 3 is 1.51 bits per heavy atom. The second kappa shape index (κ2) is 13.6. The number of benzene rings is 9. The molecule has 11 rings (SSSR count). The van der Waals surface area contributed by atoms with Crippen molar-refractivity contribution in [1.29, 1.82) is 0 Å². The zero-order valence-electron chi connectivity index (χ0n) is 30.8. The Morgan fingerprint density at radius 1 is 0.281 bits per heavy atom. The summed E-state index contributed by atoms with van der Waals surface area (Å²) in [5, 5.41) is 7.12. The first kappa shape index (κ1) is 32.7. The van der Waals surface area contributed by atoms with E-state index >= 15 is 0 Å². The Bertz CT molecular complexity index is 3290. The first-order valence-corrected chi connectivity index (χ1v) is 19.2. The highest BCUT2D eigenvalue weighted by Gasteiger charge is 2.16. The summed E-state index contributed by atoms with van der Waals surface area (Å²) in [7, 11) is 0. The molecule has 2 heterocycles. The molecule has 0 aliphatic rings. The van der Waals surface area contributed by atoms with Gasteiger partial charge in [0.25, 0.3) is 0 Å². The highest BCUT2D eigenvalue weighted by Crippen LogP contribution is 2.39. The molecule has 0 saturated carbocycles.